The van der Waals surface area contributed by atoms with Crippen molar-refractivity contribution in [3.8, 4) is 0 Å². The number of rotatable bonds is 16. The molecule has 0 aliphatic heterocycles. The van der Waals surface area contributed by atoms with Gasteiger partial charge in [0.05, 0.1) is 6.54 Å². The Hall–Kier alpha value is -4.00. The van der Waals surface area contributed by atoms with Crippen LogP contribution >= 0.6 is 0 Å². The molecular formula is C27H43FN8O4. The van der Waals surface area contributed by atoms with Gasteiger partial charge < -0.3 is 38.9 Å². The summed E-state index contributed by atoms with van der Waals surface area (Å²) in [5, 5.41) is 7.98. The number of benzene rings is 1. The highest BCUT2D eigenvalue weighted by atomic mass is 19.1. The summed E-state index contributed by atoms with van der Waals surface area (Å²) in [6, 6.07) is 1.32. The van der Waals surface area contributed by atoms with Crippen molar-refractivity contribution in [1.82, 2.24) is 16.0 Å². The van der Waals surface area contributed by atoms with Gasteiger partial charge in [0.2, 0.25) is 23.6 Å². The molecule has 0 fully saturated rings. The van der Waals surface area contributed by atoms with Gasteiger partial charge >= 0.3 is 0 Å². The van der Waals surface area contributed by atoms with Crippen LogP contribution in [-0.2, 0) is 25.6 Å². The summed E-state index contributed by atoms with van der Waals surface area (Å²) < 4.78 is 13.3. The number of nitrogens with two attached hydrogens (primary N) is 4. The van der Waals surface area contributed by atoms with Crippen LogP contribution in [0.5, 0.6) is 0 Å². The molecular weight excluding hydrogens is 519 g/mol. The van der Waals surface area contributed by atoms with Gasteiger partial charge in [0, 0.05) is 6.42 Å². The van der Waals surface area contributed by atoms with E-state index in [0.29, 0.717) is 12.0 Å². The highest BCUT2D eigenvalue weighted by Gasteiger charge is 2.32. The Kier molecular flexibility index (Phi) is 14.3. The van der Waals surface area contributed by atoms with E-state index in [-0.39, 0.29) is 37.2 Å². The van der Waals surface area contributed by atoms with Crippen LogP contribution in [0.2, 0.25) is 0 Å². The van der Waals surface area contributed by atoms with Gasteiger partial charge in [-0.2, -0.15) is 0 Å². The molecule has 5 atom stereocenters. The fourth-order valence-corrected chi connectivity index (χ4v) is 3.72. The van der Waals surface area contributed by atoms with Gasteiger partial charge in [-0.1, -0.05) is 58.4 Å². The number of amides is 4. The van der Waals surface area contributed by atoms with Crippen LogP contribution in [0.3, 0.4) is 0 Å². The minimum atomic E-state index is -1.09. The molecule has 1 rings (SSSR count). The van der Waals surface area contributed by atoms with E-state index in [4.69, 9.17) is 22.9 Å². The molecule has 0 aliphatic carbocycles. The van der Waals surface area contributed by atoms with Crippen LogP contribution in [0.25, 0.3) is 0 Å². The van der Waals surface area contributed by atoms with E-state index >= 15 is 0 Å². The summed E-state index contributed by atoms with van der Waals surface area (Å²) in [6.07, 6.45) is 3.79. The molecule has 1 aromatic rings. The summed E-state index contributed by atoms with van der Waals surface area (Å²) in [6.45, 7) is 7.53. The van der Waals surface area contributed by atoms with Gasteiger partial charge in [0.1, 0.15) is 30.0 Å². The molecule has 0 bridgehead atoms. The third-order valence-corrected chi connectivity index (χ3v) is 6.17. The van der Waals surface area contributed by atoms with Gasteiger partial charge in [-0.15, -0.1) is 0 Å². The van der Waals surface area contributed by atoms with Crippen molar-refractivity contribution in [3.05, 3.63) is 47.8 Å². The van der Waals surface area contributed by atoms with Crippen LogP contribution in [0.1, 0.15) is 46.1 Å². The first-order chi connectivity index (χ1) is 18.7. The lowest BCUT2D eigenvalue weighted by Gasteiger charge is -2.28. The summed E-state index contributed by atoms with van der Waals surface area (Å²) in [5.41, 5.74) is 22.6. The molecule has 0 aliphatic rings. The number of hydrogen-bond acceptors (Lipinski definition) is 6. The smallest absolute Gasteiger partial charge is 0.243 e. The minimum absolute atomic E-state index is 0.0236. The summed E-state index contributed by atoms with van der Waals surface area (Å²) >= 11 is 0. The van der Waals surface area contributed by atoms with Crippen molar-refractivity contribution in [1.29, 1.82) is 0 Å². The van der Waals surface area contributed by atoms with Crippen LogP contribution in [0.4, 0.5) is 4.39 Å². The van der Waals surface area contributed by atoms with E-state index in [9.17, 15) is 23.6 Å². The fourth-order valence-electron chi connectivity index (χ4n) is 3.72. The quantitative estimate of drug-likeness (QED) is 0.0798. The Morgan fingerprint density at radius 2 is 1.52 bits per heavy atom. The second-order valence-corrected chi connectivity index (χ2v) is 10.1. The standard InChI is InChI=1S/C27H43FN8O4/c1-5-16(4)22(26(40)34-20(23(30)37)14-17-8-10-18(28)11-9-17)36-25(39)21(13-15(2)3)35-24(38)19(29)7-6-12-33-27(31)32/h6-11,15-16,19-22H,5,12-14,29H2,1-4H3,(H2,30,37)(H,34,40)(H,35,38)(H,36,39)(H4,31,32,33)/b7-6+/t16-,19-,20-,21-,22-/m0/s1. The predicted molar refractivity (Wildman–Crippen MR) is 152 cm³/mol. The summed E-state index contributed by atoms with van der Waals surface area (Å²) in [4.78, 5) is 55.1. The zero-order chi connectivity index (χ0) is 30.4. The number of carbonyl (C=O) groups excluding carboxylic acids is 4. The Morgan fingerprint density at radius 1 is 0.925 bits per heavy atom. The lowest BCUT2D eigenvalue weighted by atomic mass is 9.96. The minimum Gasteiger partial charge on any atom is -0.370 e. The second kappa shape index (κ2) is 16.9. The SMILES string of the molecule is CC[C@H](C)[C@H](NC(=O)[C@H](CC(C)C)NC(=O)[C@@H](N)/C=C/CN=C(N)N)C(=O)N[C@@H](Cc1ccc(F)cc1)C(N)=O. The van der Waals surface area contributed by atoms with Crippen LogP contribution in [0.15, 0.2) is 41.4 Å². The van der Waals surface area contributed by atoms with Gasteiger partial charge in [-0.25, -0.2) is 9.38 Å². The number of guanidine groups is 1. The Morgan fingerprint density at radius 3 is 2.05 bits per heavy atom. The molecule has 13 heteroatoms. The van der Waals surface area contributed by atoms with E-state index < -0.39 is 53.6 Å². The average molecular weight is 563 g/mol. The predicted octanol–water partition coefficient (Wildman–Crippen LogP) is -0.443. The first kappa shape index (κ1) is 34.0. The van der Waals surface area contributed by atoms with Crippen LogP contribution in [0, 0.1) is 17.7 Å². The van der Waals surface area contributed by atoms with Crippen molar-refractivity contribution in [3.63, 3.8) is 0 Å². The molecule has 0 aromatic heterocycles. The van der Waals surface area contributed by atoms with Gasteiger partial charge in [0.15, 0.2) is 5.96 Å². The number of hydrogen-bond donors (Lipinski definition) is 7. The number of nitrogens with one attached hydrogen (secondary N) is 3. The van der Waals surface area contributed by atoms with E-state index in [1.807, 2.05) is 20.8 Å². The molecule has 12 nitrogen and oxygen atoms in total. The maximum Gasteiger partial charge on any atom is 0.243 e. The molecule has 0 saturated heterocycles. The van der Waals surface area contributed by atoms with E-state index in [0.717, 1.165) is 0 Å². The average Bonchev–Trinajstić information content (AvgIpc) is 2.88. The molecule has 40 heavy (non-hydrogen) atoms. The molecule has 222 valence electrons. The normalized spacial score (nSPS) is 15.0. The first-order valence-corrected chi connectivity index (χ1v) is 13.2. The van der Waals surface area contributed by atoms with Crippen molar-refractivity contribution < 1.29 is 23.6 Å². The van der Waals surface area contributed by atoms with Crippen molar-refractivity contribution in [2.45, 2.75) is 71.1 Å². The van der Waals surface area contributed by atoms with Gasteiger partial charge in [-0.3, -0.25) is 19.2 Å². The fraction of sp³-hybridized carbons (Fsp3) is 0.519. The number of carbonyl (C=O) groups is 4. The highest BCUT2D eigenvalue weighted by Crippen LogP contribution is 2.12. The first-order valence-electron chi connectivity index (χ1n) is 13.2. The largest absolute Gasteiger partial charge is 0.370 e. The monoisotopic (exact) mass is 562 g/mol. The number of nitrogens with zero attached hydrogens (tertiary/aromatic N) is 1. The lowest BCUT2D eigenvalue weighted by molar-refractivity contribution is -0.134. The topological polar surface area (TPSA) is 221 Å². The molecule has 0 heterocycles. The van der Waals surface area contributed by atoms with Crippen molar-refractivity contribution >= 4 is 29.6 Å². The number of aliphatic imine (C=N–C) groups is 1. The number of halogens is 1. The molecule has 0 radical (unpaired) electrons. The second-order valence-electron chi connectivity index (χ2n) is 10.1. The van der Waals surface area contributed by atoms with E-state index in [1.54, 1.807) is 6.92 Å². The Bertz CT molecular complexity index is 1060. The maximum absolute atomic E-state index is 13.3. The highest BCUT2D eigenvalue weighted by molar-refractivity contribution is 5.95. The molecule has 0 unspecified atom stereocenters. The Labute approximate surface area is 234 Å². The molecule has 1 aromatic carbocycles. The van der Waals surface area contributed by atoms with Crippen molar-refractivity contribution in [2.24, 2.45) is 39.8 Å². The van der Waals surface area contributed by atoms with Crippen LogP contribution < -0.4 is 38.9 Å². The maximum atomic E-state index is 13.3. The molecule has 0 spiro atoms. The van der Waals surface area contributed by atoms with Gasteiger partial charge in [-0.05, 0) is 36.0 Å². The summed E-state index contributed by atoms with van der Waals surface area (Å²) in [7, 11) is 0. The molecule has 0 saturated carbocycles. The zero-order valence-electron chi connectivity index (χ0n) is 23.5. The molecule has 11 N–H and O–H groups in total. The third kappa shape index (κ3) is 12.2. The molecule has 4 amide bonds. The van der Waals surface area contributed by atoms with E-state index in [1.165, 1.54) is 36.4 Å². The van der Waals surface area contributed by atoms with E-state index in [2.05, 4.69) is 20.9 Å². The lowest BCUT2D eigenvalue weighted by Crippen LogP contribution is -2.59. The summed E-state index contributed by atoms with van der Waals surface area (Å²) in [5.74, 6) is -3.40. The van der Waals surface area contributed by atoms with Crippen LogP contribution in [-0.4, -0.2) is 60.3 Å². The number of primary amides is 1. The van der Waals surface area contributed by atoms with Crippen molar-refractivity contribution in [2.75, 3.05) is 6.54 Å². The van der Waals surface area contributed by atoms with Gasteiger partial charge in [0.25, 0.3) is 0 Å². The zero-order valence-corrected chi connectivity index (χ0v) is 23.5. The Balaban J connectivity index is 3.02. The third-order valence-electron chi connectivity index (χ3n) is 6.17.